The van der Waals surface area contributed by atoms with Gasteiger partial charge in [-0.3, -0.25) is 14.2 Å². The van der Waals surface area contributed by atoms with Crippen molar-refractivity contribution in [3.8, 4) is 11.1 Å². The smallest absolute Gasteiger partial charge is 0.261 e. The van der Waals surface area contributed by atoms with Gasteiger partial charge >= 0.3 is 0 Å². The van der Waals surface area contributed by atoms with Crippen molar-refractivity contribution in [3.05, 3.63) is 93.0 Å². The van der Waals surface area contributed by atoms with Gasteiger partial charge in [0.1, 0.15) is 11.2 Å². The van der Waals surface area contributed by atoms with E-state index in [0.717, 1.165) is 39.3 Å². The lowest BCUT2D eigenvalue weighted by atomic mass is 9.86. The molecular formula is C38H48N2O5. The zero-order chi connectivity index (χ0) is 33.3. The summed E-state index contributed by atoms with van der Waals surface area (Å²) in [6.45, 7) is 15.5. The van der Waals surface area contributed by atoms with Crippen molar-refractivity contribution in [1.29, 1.82) is 0 Å². The van der Waals surface area contributed by atoms with Gasteiger partial charge in [0.05, 0.1) is 0 Å². The summed E-state index contributed by atoms with van der Waals surface area (Å²) in [5.74, 6) is 0. The maximum atomic E-state index is 13.2. The molecule has 0 unspecified atom stereocenters. The molecule has 0 aliphatic heterocycles. The van der Waals surface area contributed by atoms with Gasteiger partial charge in [0.2, 0.25) is 0 Å². The molecule has 0 radical (unpaired) electrons. The van der Waals surface area contributed by atoms with Crippen LogP contribution in [0.25, 0.3) is 54.6 Å². The number of aromatic nitrogens is 1. The minimum atomic E-state index is -0.330. The molecule has 4 aromatic carbocycles. The van der Waals surface area contributed by atoms with Crippen molar-refractivity contribution in [3.63, 3.8) is 0 Å². The summed E-state index contributed by atoms with van der Waals surface area (Å²) < 4.78 is 7.50. The summed E-state index contributed by atoms with van der Waals surface area (Å²) in [4.78, 5) is 26.4. The zero-order valence-corrected chi connectivity index (χ0v) is 27.7. The Kier molecular flexibility index (Phi) is 12.4. The highest BCUT2D eigenvalue weighted by atomic mass is 16.3. The molecule has 240 valence electrons. The van der Waals surface area contributed by atoms with Crippen LogP contribution in [-0.4, -0.2) is 34.5 Å². The summed E-state index contributed by atoms with van der Waals surface area (Å²) in [5.41, 5.74) is 9.27. The van der Waals surface area contributed by atoms with Crippen LogP contribution < -0.4 is 16.9 Å². The molecule has 0 aliphatic carbocycles. The Morgan fingerprint density at radius 1 is 0.667 bits per heavy atom. The fourth-order valence-electron chi connectivity index (χ4n) is 5.33. The second-order valence-corrected chi connectivity index (χ2v) is 11.4. The van der Waals surface area contributed by atoms with Gasteiger partial charge in [-0.05, 0) is 77.2 Å². The highest BCUT2D eigenvalue weighted by Crippen LogP contribution is 2.38. The van der Waals surface area contributed by atoms with E-state index in [-0.39, 0.29) is 36.3 Å². The predicted molar refractivity (Wildman–Crippen MR) is 190 cm³/mol. The van der Waals surface area contributed by atoms with Crippen molar-refractivity contribution in [2.75, 3.05) is 19.8 Å². The van der Waals surface area contributed by atoms with Crippen molar-refractivity contribution in [2.45, 2.75) is 73.3 Å². The molecule has 0 saturated heterocycles. The summed E-state index contributed by atoms with van der Waals surface area (Å²) in [5, 5.41) is 21.5. The fraction of sp³-hybridized carbons (Fsp3) is 0.368. The number of hydrogen-bond acceptors (Lipinski definition) is 6. The Balaban J connectivity index is 0.000000552. The monoisotopic (exact) mass is 612 g/mol. The summed E-state index contributed by atoms with van der Waals surface area (Å²) >= 11 is 0. The summed E-state index contributed by atoms with van der Waals surface area (Å²) in [6.07, 6.45) is 1.07. The van der Waals surface area contributed by atoms with E-state index in [1.807, 2.05) is 52.0 Å². The first kappa shape index (κ1) is 35.4. The van der Waals surface area contributed by atoms with Crippen LogP contribution in [0.2, 0.25) is 0 Å². The maximum absolute atomic E-state index is 13.2. The number of aliphatic hydroxyl groups is 2. The van der Waals surface area contributed by atoms with E-state index in [1.165, 1.54) is 10.1 Å². The standard InChI is InChI=1S/C31H27NO4.C3H9NO.2C2H6/c1-31(2,3)20-8-5-18(6-9-20)19-7-13-25-24(17-19)21-10-11-22-27-23(12-14-26(36-25)28(21)27)30(35)32(29(22)34)15-4-16-33;4-2-1-3-5;2*1-2/h5-14,17,33H,4,15-16H2,1-3H3;5H,1-4H2;2*1-2H3. The van der Waals surface area contributed by atoms with Gasteiger partial charge in [0.15, 0.2) is 0 Å². The zero-order valence-electron chi connectivity index (χ0n) is 27.7. The van der Waals surface area contributed by atoms with Crippen LogP contribution in [0.1, 0.15) is 66.9 Å². The number of benzene rings is 4. The molecule has 0 amide bonds. The molecule has 0 spiro atoms. The SMILES string of the molecule is CC.CC.CC(C)(C)c1ccc(-c2ccc3oc4ccc5c(=O)n(CCCO)c(=O)c6ccc(c3c2)c4c56)cc1.NCCCO. The Morgan fingerprint density at radius 3 is 1.73 bits per heavy atom. The van der Waals surface area contributed by atoms with Gasteiger partial charge in [-0.25, -0.2) is 0 Å². The highest BCUT2D eigenvalue weighted by Gasteiger charge is 2.19. The Labute approximate surface area is 265 Å². The first-order valence-corrected chi connectivity index (χ1v) is 16.0. The average molecular weight is 613 g/mol. The molecule has 0 saturated carbocycles. The van der Waals surface area contributed by atoms with Crippen molar-refractivity contribution >= 4 is 43.5 Å². The minimum Gasteiger partial charge on any atom is -0.456 e. The van der Waals surface area contributed by atoms with Crippen LogP contribution >= 0.6 is 0 Å². The third-order valence-electron chi connectivity index (χ3n) is 7.55. The topological polar surface area (TPSA) is 119 Å². The lowest BCUT2D eigenvalue weighted by Crippen LogP contribution is -2.33. The quantitative estimate of drug-likeness (QED) is 0.132. The third kappa shape index (κ3) is 7.28. The molecule has 6 rings (SSSR count). The molecule has 0 fully saturated rings. The van der Waals surface area contributed by atoms with Gasteiger partial charge in [0.25, 0.3) is 11.1 Å². The average Bonchev–Trinajstić information content (AvgIpc) is 3.06. The number of nitrogens with two attached hydrogens (primary N) is 1. The number of rotatable bonds is 6. The van der Waals surface area contributed by atoms with Crippen LogP contribution in [0.5, 0.6) is 0 Å². The largest absolute Gasteiger partial charge is 0.456 e. The van der Waals surface area contributed by atoms with Gasteiger partial charge in [-0.1, -0.05) is 84.9 Å². The number of nitrogens with zero attached hydrogens (tertiary/aromatic N) is 1. The number of aliphatic hydroxyl groups excluding tert-OH is 2. The normalized spacial score (nSPS) is 11.2. The second kappa shape index (κ2) is 15.8. The molecule has 7 nitrogen and oxygen atoms in total. The molecule has 2 aromatic heterocycles. The van der Waals surface area contributed by atoms with E-state index < -0.39 is 0 Å². The van der Waals surface area contributed by atoms with Crippen molar-refractivity contribution < 1.29 is 14.6 Å². The van der Waals surface area contributed by atoms with E-state index in [1.54, 1.807) is 6.07 Å². The summed E-state index contributed by atoms with van der Waals surface area (Å²) in [7, 11) is 0. The molecule has 0 bridgehead atoms. The Bertz CT molecular complexity index is 1910. The molecule has 2 heterocycles. The summed E-state index contributed by atoms with van der Waals surface area (Å²) in [6, 6.07) is 22.1. The molecular weight excluding hydrogens is 564 g/mol. The first-order valence-electron chi connectivity index (χ1n) is 16.0. The number of pyridine rings is 1. The van der Waals surface area contributed by atoms with Crippen LogP contribution in [0.4, 0.5) is 0 Å². The molecule has 0 aliphatic rings. The maximum Gasteiger partial charge on any atom is 0.261 e. The number of fused-ring (bicyclic) bond motifs is 2. The van der Waals surface area contributed by atoms with Crippen LogP contribution in [-0.2, 0) is 12.0 Å². The van der Waals surface area contributed by atoms with Crippen LogP contribution in [0.3, 0.4) is 0 Å². The number of hydrogen-bond donors (Lipinski definition) is 3. The van der Waals surface area contributed by atoms with Gasteiger partial charge in [-0.15, -0.1) is 0 Å². The second-order valence-electron chi connectivity index (χ2n) is 11.4. The minimum absolute atomic E-state index is 0.0803. The van der Waals surface area contributed by atoms with Crippen LogP contribution in [0.15, 0.2) is 80.7 Å². The van der Waals surface area contributed by atoms with E-state index >= 15 is 0 Å². The predicted octanol–water partition coefficient (Wildman–Crippen LogP) is 7.58. The van der Waals surface area contributed by atoms with E-state index in [4.69, 9.17) is 15.3 Å². The van der Waals surface area contributed by atoms with E-state index in [0.29, 0.717) is 34.7 Å². The van der Waals surface area contributed by atoms with Gasteiger partial charge < -0.3 is 20.4 Å². The van der Waals surface area contributed by atoms with Gasteiger partial charge in [0, 0.05) is 46.7 Å². The molecule has 4 N–H and O–H groups in total. The molecule has 45 heavy (non-hydrogen) atoms. The molecule has 6 aromatic rings. The third-order valence-corrected chi connectivity index (χ3v) is 7.55. The lowest BCUT2D eigenvalue weighted by Gasteiger charge is -2.19. The first-order chi connectivity index (χ1) is 21.7. The Hall–Kier alpha value is -4.04. The molecule has 0 atom stereocenters. The molecule has 7 heteroatoms. The lowest BCUT2D eigenvalue weighted by molar-refractivity contribution is 0.278. The van der Waals surface area contributed by atoms with E-state index in [9.17, 15) is 14.7 Å². The fourth-order valence-corrected chi connectivity index (χ4v) is 5.33. The van der Waals surface area contributed by atoms with Crippen molar-refractivity contribution in [1.82, 2.24) is 4.57 Å². The highest BCUT2D eigenvalue weighted by molar-refractivity contribution is 6.26. The van der Waals surface area contributed by atoms with Crippen molar-refractivity contribution in [2.24, 2.45) is 5.73 Å². The van der Waals surface area contributed by atoms with Crippen LogP contribution in [0, 0.1) is 0 Å². The Morgan fingerprint density at radius 2 is 1.20 bits per heavy atom. The van der Waals surface area contributed by atoms with E-state index in [2.05, 4.69) is 57.2 Å². The van der Waals surface area contributed by atoms with Gasteiger partial charge in [-0.2, -0.15) is 0 Å².